The molecule has 2 aliphatic rings. The lowest BCUT2D eigenvalue weighted by Gasteiger charge is -2.31. The van der Waals surface area contributed by atoms with Crippen LogP contribution < -0.4 is 0 Å². The monoisotopic (exact) mass is 558 g/mol. The molecule has 2 fully saturated rings. The van der Waals surface area contributed by atoms with Crippen molar-refractivity contribution in [1.29, 1.82) is 0 Å². The summed E-state index contributed by atoms with van der Waals surface area (Å²) in [6.45, 7) is 10.4. The van der Waals surface area contributed by atoms with E-state index in [0.29, 0.717) is 51.5 Å². The molecule has 0 aliphatic carbocycles. The predicted octanol–water partition coefficient (Wildman–Crippen LogP) is 6.37. The number of carbonyl (C=O) groups excluding carboxylic acids is 2. The Kier molecular flexibility index (Phi) is 15.0. The average molecular weight is 559 g/mol. The van der Waals surface area contributed by atoms with Crippen molar-refractivity contribution >= 4 is 11.9 Å². The lowest BCUT2D eigenvalue weighted by molar-refractivity contribution is -0.209. The summed E-state index contributed by atoms with van der Waals surface area (Å²) in [6, 6.07) is 8.12. The van der Waals surface area contributed by atoms with E-state index >= 15 is 0 Å². The van der Waals surface area contributed by atoms with Crippen molar-refractivity contribution in [3.63, 3.8) is 0 Å². The molecule has 0 aromatic heterocycles. The molecule has 0 amide bonds. The maximum atomic E-state index is 11.0. The molecule has 222 valence electrons. The van der Waals surface area contributed by atoms with Gasteiger partial charge in [0, 0.05) is 35.1 Å². The SMILES string of the molecule is C=CC(=O)OCCCCCCC1COC(c2cccc(C3OCC(CCCCCCOC(=O)C=C)CO3)c2)OC1. The molecule has 3 rings (SSSR count). The normalized spacial score (nSPS) is 22.8. The fourth-order valence-electron chi connectivity index (χ4n) is 4.90. The maximum absolute atomic E-state index is 11.0. The van der Waals surface area contributed by atoms with Gasteiger partial charge in [-0.25, -0.2) is 9.59 Å². The molecule has 0 radical (unpaired) electrons. The second-order valence-corrected chi connectivity index (χ2v) is 10.5. The second-order valence-electron chi connectivity index (χ2n) is 10.5. The molecule has 0 spiro atoms. The second kappa shape index (κ2) is 18.8. The number of hydrogen-bond donors (Lipinski definition) is 0. The Hall–Kier alpha value is -2.52. The third-order valence-electron chi connectivity index (χ3n) is 7.22. The van der Waals surface area contributed by atoms with E-state index in [1.54, 1.807) is 0 Å². The topological polar surface area (TPSA) is 89.5 Å². The van der Waals surface area contributed by atoms with Gasteiger partial charge in [-0.2, -0.15) is 0 Å². The summed E-state index contributed by atoms with van der Waals surface area (Å²) in [4.78, 5) is 22.1. The molecule has 0 saturated carbocycles. The molecule has 1 aromatic rings. The summed E-state index contributed by atoms with van der Waals surface area (Å²) in [6.07, 6.45) is 12.0. The van der Waals surface area contributed by atoms with Gasteiger partial charge in [-0.1, -0.05) is 69.9 Å². The van der Waals surface area contributed by atoms with Crippen LogP contribution in [0.1, 0.15) is 87.9 Å². The van der Waals surface area contributed by atoms with Crippen molar-refractivity contribution in [3.05, 3.63) is 60.7 Å². The lowest BCUT2D eigenvalue weighted by Crippen LogP contribution is -2.28. The largest absolute Gasteiger partial charge is 0.463 e. The van der Waals surface area contributed by atoms with Gasteiger partial charge in [-0.15, -0.1) is 0 Å². The Morgan fingerprint density at radius 2 is 1.07 bits per heavy atom. The van der Waals surface area contributed by atoms with Gasteiger partial charge in [0.2, 0.25) is 0 Å². The highest BCUT2D eigenvalue weighted by Gasteiger charge is 2.26. The Morgan fingerprint density at radius 1 is 0.675 bits per heavy atom. The third kappa shape index (κ3) is 11.9. The standard InChI is InChI=1S/C32H46O8/c1-3-29(33)35-18-11-7-5-9-14-25-21-37-31(38-22-25)27-16-13-17-28(20-27)32-39-23-26(24-40-32)15-10-6-8-12-19-36-30(34)4-2/h3-4,13,16-17,20,25-26,31-32H,1-2,5-12,14-15,18-19,21-24H2. The van der Waals surface area contributed by atoms with Crippen LogP contribution in [-0.2, 0) is 38.0 Å². The Balaban J connectivity index is 1.26. The van der Waals surface area contributed by atoms with Gasteiger partial charge in [0.05, 0.1) is 39.6 Å². The third-order valence-corrected chi connectivity index (χ3v) is 7.22. The molecule has 2 aliphatic heterocycles. The summed E-state index contributed by atoms with van der Waals surface area (Å²) in [5, 5.41) is 0. The zero-order valence-corrected chi connectivity index (χ0v) is 23.8. The maximum Gasteiger partial charge on any atom is 0.330 e. The van der Waals surface area contributed by atoms with Crippen LogP contribution in [0.3, 0.4) is 0 Å². The first-order chi connectivity index (χ1) is 19.6. The molecule has 0 N–H and O–H groups in total. The minimum Gasteiger partial charge on any atom is -0.463 e. The number of ether oxygens (including phenoxy) is 6. The van der Waals surface area contributed by atoms with Crippen LogP contribution in [0, 0.1) is 11.8 Å². The van der Waals surface area contributed by atoms with E-state index in [0.717, 1.165) is 75.3 Å². The van der Waals surface area contributed by atoms with Crippen molar-refractivity contribution in [2.24, 2.45) is 11.8 Å². The molecule has 0 unspecified atom stereocenters. The van der Waals surface area contributed by atoms with E-state index in [1.807, 2.05) is 18.2 Å². The smallest absolute Gasteiger partial charge is 0.330 e. The van der Waals surface area contributed by atoms with Gasteiger partial charge in [-0.05, 0) is 31.7 Å². The molecular weight excluding hydrogens is 512 g/mol. The average Bonchev–Trinajstić information content (AvgIpc) is 3.00. The molecule has 2 saturated heterocycles. The minimum atomic E-state index is -0.368. The lowest BCUT2D eigenvalue weighted by atomic mass is 10.0. The molecule has 2 heterocycles. The van der Waals surface area contributed by atoms with Gasteiger partial charge < -0.3 is 28.4 Å². The van der Waals surface area contributed by atoms with Crippen molar-refractivity contribution in [2.75, 3.05) is 39.6 Å². The first-order valence-electron chi connectivity index (χ1n) is 14.7. The van der Waals surface area contributed by atoms with E-state index < -0.39 is 0 Å². The fraction of sp³-hybridized carbons (Fsp3) is 0.625. The van der Waals surface area contributed by atoms with Crippen molar-refractivity contribution in [1.82, 2.24) is 0 Å². The van der Waals surface area contributed by atoms with Crippen LogP contribution in [0.15, 0.2) is 49.6 Å². The van der Waals surface area contributed by atoms with E-state index in [4.69, 9.17) is 28.4 Å². The Morgan fingerprint density at radius 3 is 1.48 bits per heavy atom. The Labute approximate surface area is 239 Å². The first kappa shape index (κ1) is 32.0. The van der Waals surface area contributed by atoms with Crippen LogP contribution >= 0.6 is 0 Å². The zero-order chi connectivity index (χ0) is 28.4. The zero-order valence-electron chi connectivity index (χ0n) is 23.8. The summed E-state index contributed by atoms with van der Waals surface area (Å²) < 4.78 is 34.3. The quantitative estimate of drug-likeness (QED) is 0.117. The summed E-state index contributed by atoms with van der Waals surface area (Å²) in [7, 11) is 0. The molecule has 40 heavy (non-hydrogen) atoms. The molecule has 0 atom stereocenters. The summed E-state index contributed by atoms with van der Waals surface area (Å²) in [5.41, 5.74) is 1.97. The van der Waals surface area contributed by atoms with Gasteiger partial charge in [0.1, 0.15) is 0 Å². The van der Waals surface area contributed by atoms with Crippen molar-refractivity contribution in [3.8, 4) is 0 Å². The van der Waals surface area contributed by atoms with Crippen LogP contribution in [0.4, 0.5) is 0 Å². The molecular formula is C32H46O8. The summed E-state index contributed by atoms with van der Waals surface area (Å²) >= 11 is 0. The van der Waals surface area contributed by atoms with E-state index in [-0.39, 0.29) is 24.5 Å². The molecule has 0 bridgehead atoms. The van der Waals surface area contributed by atoms with Crippen LogP contribution in [-0.4, -0.2) is 51.6 Å². The molecule has 8 heteroatoms. The highest BCUT2D eigenvalue weighted by molar-refractivity contribution is 5.81. The first-order valence-corrected chi connectivity index (χ1v) is 14.7. The summed E-state index contributed by atoms with van der Waals surface area (Å²) in [5.74, 6) is 0.0840. The van der Waals surface area contributed by atoms with Gasteiger partial charge in [0.15, 0.2) is 12.6 Å². The number of hydrogen-bond acceptors (Lipinski definition) is 8. The van der Waals surface area contributed by atoms with Gasteiger partial charge in [-0.3, -0.25) is 0 Å². The Bertz CT molecular complexity index is 831. The molecule has 8 nitrogen and oxygen atoms in total. The fourth-order valence-corrected chi connectivity index (χ4v) is 4.90. The van der Waals surface area contributed by atoms with Crippen molar-refractivity contribution < 1.29 is 38.0 Å². The van der Waals surface area contributed by atoms with Crippen LogP contribution in [0.25, 0.3) is 0 Å². The van der Waals surface area contributed by atoms with Crippen molar-refractivity contribution in [2.45, 2.75) is 76.8 Å². The highest BCUT2D eigenvalue weighted by Crippen LogP contribution is 2.32. The number of esters is 2. The van der Waals surface area contributed by atoms with E-state index in [2.05, 4.69) is 19.2 Å². The molecule has 1 aromatic carbocycles. The van der Waals surface area contributed by atoms with E-state index in [9.17, 15) is 9.59 Å². The minimum absolute atomic E-state index is 0.356. The van der Waals surface area contributed by atoms with E-state index in [1.165, 1.54) is 12.2 Å². The van der Waals surface area contributed by atoms with Crippen LogP contribution in [0.2, 0.25) is 0 Å². The van der Waals surface area contributed by atoms with Gasteiger partial charge >= 0.3 is 11.9 Å². The number of unbranched alkanes of at least 4 members (excludes halogenated alkanes) is 6. The number of carbonyl (C=O) groups is 2. The highest BCUT2D eigenvalue weighted by atomic mass is 16.7. The van der Waals surface area contributed by atoms with Gasteiger partial charge in [0.25, 0.3) is 0 Å². The number of benzene rings is 1. The number of rotatable bonds is 18. The predicted molar refractivity (Wildman–Crippen MR) is 151 cm³/mol. The van der Waals surface area contributed by atoms with Crippen LogP contribution in [0.5, 0.6) is 0 Å².